The molecule has 0 aromatic heterocycles. The molecule has 3 fully saturated rings. The Morgan fingerprint density at radius 2 is 1.78 bits per heavy atom. The zero-order chi connectivity index (χ0) is 12.9. The third-order valence-corrected chi connectivity index (χ3v) is 5.88. The fourth-order valence-corrected chi connectivity index (χ4v) is 4.30. The lowest BCUT2D eigenvalue weighted by atomic mass is 9.70. The predicted molar refractivity (Wildman–Crippen MR) is 72.2 cm³/mol. The van der Waals surface area contributed by atoms with Crippen LogP contribution >= 0.6 is 12.6 Å². The van der Waals surface area contributed by atoms with Crippen molar-refractivity contribution in [3.8, 4) is 0 Å². The average molecular weight is 267 g/mol. The number of carbonyl (C=O) groups excluding carboxylic acids is 2. The number of amides is 2. The Hall–Kier alpha value is -0.510. The number of rotatable bonds is 3. The highest BCUT2D eigenvalue weighted by Crippen LogP contribution is 2.47. The van der Waals surface area contributed by atoms with E-state index in [1.807, 2.05) is 0 Å². The van der Waals surface area contributed by atoms with Crippen LogP contribution in [-0.4, -0.2) is 29.0 Å². The second-order valence-corrected chi connectivity index (χ2v) is 6.88. The van der Waals surface area contributed by atoms with Gasteiger partial charge in [0.05, 0.1) is 11.8 Å². The molecule has 0 radical (unpaired) electrons. The van der Waals surface area contributed by atoms with Crippen LogP contribution in [0.15, 0.2) is 0 Å². The number of hydrogen-bond acceptors (Lipinski definition) is 3. The number of imide groups is 1. The monoisotopic (exact) mass is 267 g/mol. The summed E-state index contributed by atoms with van der Waals surface area (Å²) in [7, 11) is 0. The van der Waals surface area contributed by atoms with Crippen LogP contribution in [0.5, 0.6) is 0 Å². The van der Waals surface area contributed by atoms with Crippen molar-refractivity contribution >= 4 is 24.4 Å². The molecule has 3 aliphatic rings. The van der Waals surface area contributed by atoms with Gasteiger partial charge in [-0.25, -0.2) is 0 Å². The molecule has 0 aromatic rings. The van der Waals surface area contributed by atoms with Crippen LogP contribution in [0.1, 0.15) is 39.0 Å². The lowest BCUT2D eigenvalue weighted by Gasteiger charge is -2.43. The molecule has 4 heteroatoms. The predicted octanol–water partition coefficient (Wildman–Crippen LogP) is 2.12. The molecule has 18 heavy (non-hydrogen) atoms. The van der Waals surface area contributed by atoms with E-state index < -0.39 is 0 Å². The van der Waals surface area contributed by atoms with Gasteiger partial charge in [0, 0.05) is 6.54 Å². The first kappa shape index (κ1) is 12.5. The third-order valence-electron chi connectivity index (χ3n) is 5.21. The molecule has 1 heterocycles. The van der Waals surface area contributed by atoms with Crippen LogP contribution in [0, 0.1) is 23.2 Å². The van der Waals surface area contributed by atoms with Crippen LogP contribution in [0.2, 0.25) is 0 Å². The van der Waals surface area contributed by atoms with Crippen molar-refractivity contribution in [1.29, 1.82) is 0 Å². The maximum Gasteiger partial charge on any atom is 0.233 e. The van der Waals surface area contributed by atoms with Gasteiger partial charge in [0.25, 0.3) is 0 Å². The summed E-state index contributed by atoms with van der Waals surface area (Å²) in [4.78, 5) is 26.3. The van der Waals surface area contributed by atoms with Gasteiger partial charge in [-0.05, 0) is 42.8 Å². The molecule has 2 atom stereocenters. The maximum atomic E-state index is 12.4. The Kier molecular flexibility index (Phi) is 2.96. The first-order valence-corrected chi connectivity index (χ1v) is 7.66. The first-order valence-electron chi connectivity index (χ1n) is 7.02. The van der Waals surface area contributed by atoms with Crippen molar-refractivity contribution in [3.05, 3.63) is 0 Å². The minimum absolute atomic E-state index is 0.00968. The normalized spacial score (nSPS) is 37.9. The fourth-order valence-electron chi connectivity index (χ4n) is 3.88. The average Bonchev–Trinajstić information content (AvgIpc) is 2.77. The van der Waals surface area contributed by atoms with Crippen LogP contribution in [0.3, 0.4) is 0 Å². The largest absolute Gasteiger partial charge is 0.282 e. The molecule has 0 spiro atoms. The Balaban J connectivity index is 1.75. The highest BCUT2D eigenvalue weighted by Gasteiger charge is 2.53. The zero-order valence-corrected chi connectivity index (χ0v) is 11.8. The first-order chi connectivity index (χ1) is 8.56. The molecule has 1 aliphatic heterocycles. The van der Waals surface area contributed by atoms with Gasteiger partial charge in [0.15, 0.2) is 0 Å². The van der Waals surface area contributed by atoms with Crippen molar-refractivity contribution in [1.82, 2.24) is 4.90 Å². The van der Waals surface area contributed by atoms with Gasteiger partial charge in [0.1, 0.15) is 0 Å². The van der Waals surface area contributed by atoms with E-state index in [4.69, 9.17) is 0 Å². The van der Waals surface area contributed by atoms with Gasteiger partial charge in [-0.2, -0.15) is 12.6 Å². The van der Waals surface area contributed by atoms with E-state index in [1.54, 1.807) is 4.90 Å². The van der Waals surface area contributed by atoms with Crippen molar-refractivity contribution < 1.29 is 9.59 Å². The van der Waals surface area contributed by atoms with E-state index in [0.29, 0.717) is 12.5 Å². The van der Waals surface area contributed by atoms with Gasteiger partial charge in [-0.15, -0.1) is 0 Å². The second kappa shape index (κ2) is 4.26. The summed E-state index contributed by atoms with van der Waals surface area (Å²) >= 11 is 4.41. The molecule has 2 saturated carbocycles. The molecule has 0 bridgehead atoms. The lowest BCUT2D eigenvalue weighted by molar-refractivity contribution is -0.143. The number of fused-ring (bicyclic) bond motifs is 1. The van der Waals surface area contributed by atoms with E-state index in [-0.39, 0.29) is 29.1 Å². The molecule has 2 amide bonds. The van der Waals surface area contributed by atoms with Crippen LogP contribution in [0.4, 0.5) is 0 Å². The van der Waals surface area contributed by atoms with E-state index in [0.717, 1.165) is 31.4 Å². The van der Waals surface area contributed by atoms with Gasteiger partial charge in [-0.3, -0.25) is 14.5 Å². The smallest absolute Gasteiger partial charge is 0.233 e. The molecular formula is C14H21NO2S. The van der Waals surface area contributed by atoms with Crippen LogP contribution in [-0.2, 0) is 9.59 Å². The topological polar surface area (TPSA) is 37.4 Å². The number of likely N-dealkylation sites (tertiary alicyclic amines) is 1. The molecule has 2 unspecified atom stereocenters. The minimum atomic E-state index is -0.00968. The van der Waals surface area contributed by atoms with Crippen LogP contribution in [0.25, 0.3) is 0 Å². The number of nitrogens with zero attached hydrogens (tertiary/aromatic N) is 1. The van der Waals surface area contributed by atoms with E-state index in [1.165, 1.54) is 6.42 Å². The van der Waals surface area contributed by atoms with Gasteiger partial charge in [0.2, 0.25) is 11.8 Å². The quantitative estimate of drug-likeness (QED) is 0.628. The van der Waals surface area contributed by atoms with E-state index in [9.17, 15) is 9.59 Å². The summed E-state index contributed by atoms with van der Waals surface area (Å²) in [6, 6.07) is 0. The third kappa shape index (κ3) is 1.72. The van der Waals surface area contributed by atoms with E-state index >= 15 is 0 Å². The maximum absolute atomic E-state index is 12.4. The Morgan fingerprint density at radius 3 is 2.17 bits per heavy atom. The SMILES string of the molecule is CC1CC2C(=O)N(CC3(CS)CCC3)C(=O)C2C1. The molecule has 1 saturated heterocycles. The molecule has 100 valence electrons. The summed E-state index contributed by atoms with van der Waals surface area (Å²) in [5.74, 6) is 1.49. The van der Waals surface area contributed by atoms with Gasteiger partial charge >= 0.3 is 0 Å². The summed E-state index contributed by atoms with van der Waals surface area (Å²) in [6.45, 7) is 2.76. The summed E-state index contributed by atoms with van der Waals surface area (Å²) in [5.41, 5.74) is 0.124. The zero-order valence-electron chi connectivity index (χ0n) is 10.9. The number of hydrogen-bond donors (Lipinski definition) is 1. The van der Waals surface area contributed by atoms with Crippen molar-refractivity contribution in [3.63, 3.8) is 0 Å². The molecule has 0 N–H and O–H groups in total. The Bertz CT molecular complexity index is 362. The second-order valence-electron chi connectivity index (χ2n) is 6.56. The van der Waals surface area contributed by atoms with Gasteiger partial charge in [-0.1, -0.05) is 13.3 Å². The minimum Gasteiger partial charge on any atom is -0.282 e. The lowest BCUT2D eigenvalue weighted by Crippen LogP contribution is -2.46. The molecule has 0 aromatic carbocycles. The highest BCUT2D eigenvalue weighted by molar-refractivity contribution is 7.80. The summed E-state index contributed by atoms with van der Waals surface area (Å²) < 4.78 is 0. The Morgan fingerprint density at radius 1 is 1.22 bits per heavy atom. The standard InChI is InChI=1S/C14H21NO2S/c1-9-5-10-11(6-9)13(17)15(12(10)16)7-14(8-18)3-2-4-14/h9-11,18H,2-8H2,1H3. The molecule has 3 nitrogen and oxygen atoms in total. The summed E-state index contributed by atoms with van der Waals surface area (Å²) in [6.07, 6.45) is 5.23. The molecular weight excluding hydrogens is 246 g/mol. The Labute approximate surface area is 114 Å². The number of thiol groups is 1. The van der Waals surface area contributed by atoms with Crippen LogP contribution < -0.4 is 0 Å². The van der Waals surface area contributed by atoms with Crippen molar-refractivity contribution in [2.75, 3.05) is 12.3 Å². The molecule has 2 aliphatic carbocycles. The summed E-state index contributed by atoms with van der Waals surface area (Å²) in [5, 5.41) is 0. The van der Waals surface area contributed by atoms with E-state index in [2.05, 4.69) is 19.6 Å². The van der Waals surface area contributed by atoms with Gasteiger partial charge < -0.3 is 0 Å². The fraction of sp³-hybridized carbons (Fsp3) is 0.857. The highest BCUT2D eigenvalue weighted by atomic mass is 32.1. The molecule has 3 rings (SSSR count). The number of carbonyl (C=O) groups is 2. The van der Waals surface area contributed by atoms with Crippen molar-refractivity contribution in [2.24, 2.45) is 23.2 Å². The van der Waals surface area contributed by atoms with Crippen molar-refractivity contribution in [2.45, 2.75) is 39.0 Å².